The van der Waals surface area contributed by atoms with Crippen molar-refractivity contribution in [1.82, 2.24) is 4.90 Å². The van der Waals surface area contributed by atoms with Gasteiger partial charge in [-0.1, -0.05) is 24.3 Å². The Morgan fingerprint density at radius 3 is 3.00 bits per heavy atom. The van der Waals surface area contributed by atoms with Gasteiger partial charge in [0.05, 0.1) is 5.92 Å². The topological polar surface area (TPSA) is 40.5 Å². The van der Waals surface area contributed by atoms with Crippen molar-refractivity contribution in [2.24, 2.45) is 0 Å². The highest BCUT2D eigenvalue weighted by atomic mass is 16.3. The Balaban J connectivity index is 1.68. The van der Waals surface area contributed by atoms with Gasteiger partial charge in [0, 0.05) is 19.2 Å². The SMILES string of the molecule is O=C(C1Cc2ccccc21)N1CCCC1CCCO. The van der Waals surface area contributed by atoms with Gasteiger partial charge in [-0.25, -0.2) is 0 Å². The molecule has 0 aromatic heterocycles. The van der Waals surface area contributed by atoms with Gasteiger partial charge in [-0.15, -0.1) is 0 Å². The molecule has 1 amide bonds. The van der Waals surface area contributed by atoms with Crippen molar-refractivity contribution in [3.8, 4) is 0 Å². The van der Waals surface area contributed by atoms with E-state index in [2.05, 4.69) is 17.0 Å². The molecule has 2 atom stereocenters. The van der Waals surface area contributed by atoms with E-state index in [-0.39, 0.29) is 12.5 Å². The summed E-state index contributed by atoms with van der Waals surface area (Å²) in [4.78, 5) is 14.7. The molecule has 1 aliphatic carbocycles. The molecule has 0 spiro atoms. The smallest absolute Gasteiger partial charge is 0.230 e. The quantitative estimate of drug-likeness (QED) is 0.899. The lowest BCUT2D eigenvalue weighted by atomic mass is 9.76. The van der Waals surface area contributed by atoms with E-state index in [1.807, 2.05) is 12.1 Å². The fraction of sp³-hybridized carbons (Fsp3) is 0.562. The molecule has 0 bridgehead atoms. The lowest BCUT2D eigenvalue weighted by Crippen LogP contribution is -2.42. The number of aliphatic hydroxyl groups excluding tert-OH is 1. The largest absolute Gasteiger partial charge is 0.396 e. The first kappa shape index (κ1) is 12.7. The van der Waals surface area contributed by atoms with Crippen molar-refractivity contribution in [3.05, 3.63) is 35.4 Å². The zero-order valence-electron chi connectivity index (χ0n) is 11.2. The van der Waals surface area contributed by atoms with E-state index in [9.17, 15) is 4.79 Å². The minimum absolute atomic E-state index is 0.0888. The Morgan fingerprint density at radius 1 is 1.37 bits per heavy atom. The Hall–Kier alpha value is -1.35. The Kier molecular flexibility index (Phi) is 3.56. The molecule has 1 aliphatic heterocycles. The second-order valence-corrected chi connectivity index (χ2v) is 5.65. The molecule has 1 N–H and O–H groups in total. The van der Waals surface area contributed by atoms with Crippen LogP contribution in [0.15, 0.2) is 24.3 Å². The first-order chi connectivity index (χ1) is 9.31. The average Bonchev–Trinajstić information content (AvgIpc) is 2.86. The maximum Gasteiger partial charge on any atom is 0.230 e. The number of amides is 1. The standard InChI is InChI=1S/C16H21NO2/c18-10-4-7-13-6-3-9-17(13)16(19)15-11-12-5-1-2-8-14(12)15/h1-2,5,8,13,15,18H,3-4,6-7,9-11H2. The summed E-state index contributed by atoms with van der Waals surface area (Å²) in [5.74, 6) is 0.394. The van der Waals surface area contributed by atoms with E-state index in [1.165, 1.54) is 11.1 Å². The summed E-state index contributed by atoms with van der Waals surface area (Å²) in [6.07, 6.45) is 4.85. The number of hydrogen-bond donors (Lipinski definition) is 1. The number of likely N-dealkylation sites (tertiary alicyclic amines) is 1. The van der Waals surface area contributed by atoms with Crippen molar-refractivity contribution < 1.29 is 9.90 Å². The van der Waals surface area contributed by atoms with Crippen molar-refractivity contribution >= 4 is 5.91 Å². The number of rotatable bonds is 4. The van der Waals surface area contributed by atoms with Crippen LogP contribution in [0.25, 0.3) is 0 Å². The minimum atomic E-state index is 0.0888. The molecule has 3 nitrogen and oxygen atoms in total. The van der Waals surface area contributed by atoms with Gasteiger partial charge in [0.2, 0.25) is 5.91 Å². The normalized spacial score (nSPS) is 25.0. The van der Waals surface area contributed by atoms with Crippen LogP contribution in [0.2, 0.25) is 0 Å². The molecule has 1 saturated heterocycles. The monoisotopic (exact) mass is 259 g/mol. The zero-order valence-corrected chi connectivity index (χ0v) is 11.2. The second kappa shape index (κ2) is 5.33. The molecular formula is C16H21NO2. The molecule has 102 valence electrons. The number of benzene rings is 1. The Morgan fingerprint density at radius 2 is 2.21 bits per heavy atom. The van der Waals surface area contributed by atoms with Gasteiger partial charge in [0.15, 0.2) is 0 Å². The first-order valence-electron chi connectivity index (χ1n) is 7.30. The molecule has 1 fully saturated rings. The molecule has 0 saturated carbocycles. The third-order valence-corrected chi connectivity index (χ3v) is 4.51. The molecule has 19 heavy (non-hydrogen) atoms. The number of carbonyl (C=O) groups excluding carboxylic acids is 1. The third-order valence-electron chi connectivity index (χ3n) is 4.51. The third kappa shape index (κ3) is 2.27. The highest BCUT2D eigenvalue weighted by molar-refractivity contribution is 5.87. The number of hydrogen-bond acceptors (Lipinski definition) is 2. The summed E-state index contributed by atoms with van der Waals surface area (Å²) < 4.78 is 0. The molecule has 1 aromatic rings. The van der Waals surface area contributed by atoms with Crippen LogP contribution in [-0.2, 0) is 11.2 Å². The summed E-state index contributed by atoms with van der Waals surface area (Å²) in [7, 11) is 0. The van der Waals surface area contributed by atoms with Gasteiger partial charge in [0.1, 0.15) is 0 Å². The van der Waals surface area contributed by atoms with Gasteiger partial charge in [-0.05, 0) is 43.2 Å². The summed E-state index contributed by atoms with van der Waals surface area (Å²) in [6.45, 7) is 1.12. The number of nitrogens with zero attached hydrogens (tertiary/aromatic N) is 1. The van der Waals surface area contributed by atoms with Gasteiger partial charge < -0.3 is 10.0 Å². The Labute approximate surface area is 114 Å². The molecule has 3 heteroatoms. The fourth-order valence-corrected chi connectivity index (χ4v) is 3.43. The van der Waals surface area contributed by atoms with E-state index in [0.29, 0.717) is 11.9 Å². The van der Waals surface area contributed by atoms with E-state index in [4.69, 9.17) is 5.11 Å². The van der Waals surface area contributed by atoms with Gasteiger partial charge in [-0.2, -0.15) is 0 Å². The summed E-state index contributed by atoms with van der Waals surface area (Å²) in [5.41, 5.74) is 2.55. The minimum Gasteiger partial charge on any atom is -0.396 e. The van der Waals surface area contributed by atoms with Crippen LogP contribution in [0, 0.1) is 0 Å². The molecule has 2 aliphatic rings. The molecule has 1 aromatic carbocycles. The number of carbonyl (C=O) groups is 1. The maximum absolute atomic E-state index is 12.6. The van der Waals surface area contributed by atoms with Crippen LogP contribution in [0.5, 0.6) is 0 Å². The second-order valence-electron chi connectivity index (χ2n) is 5.65. The van der Waals surface area contributed by atoms with Crippen LogP contribution in [0.1, 0.15) is 42.7 Å². The van der Waals surface area contributed by atoms with E-state index in [1.54, 1.807) is 0 Å². The highest BCUT2D eigenvalue weighted by Gasteiger charge is 2.38. The lowest BCUT2D eigenvalue weighted by Gasteiger charge is -2.35. The predicted octanol–water partition coefficient (Wildman–Crippen LogP) is 2.09. The van der Waals surface area contributed by atoms with E-state index < -0.39 is 0 Å². The van der Waals surface area contributed by atoms with Crippen LogP contribution in [0.3, 0.4) is 0 Å². The van der Waals surface area contributed by atoms with Crippen LogP contribution < -0.4 is 0 Å². The fourth-order valence-electron chi connectivity index (χ4n) is 3.43. The van der Waals surface area contributed by atoms with Crippen LogP contribution in [-0.4, -0.2) is 35.1 Å². The van der Waals surface area contributed by atoms with Crippen LogP contribution in [0.4, 0.5) is 0 Å². The maximum atomic E-state index is 12.6. The summed E-state index contributed by atoms with van der Waals surface area (Å²) in [5, 5.41) is 8.94. The van der Waals surface area contributed by atoms with Gasteiger partial charge in [-0.3, -0.25) is 4.79 Å². The van der Waals surface area contributed by atoms with Crippen molar-refractivity contribution in [2.75, 3.05) is 13.2 Å². The number of fused-ring (bicyclic) bond motifs is 1. The molecule has 2 unspecified atom stereocenters. The molecule has 3 rings (SSSR count). The Bertz CT molecular complexity index is 472. The molecular weight excluding hydrogens is 238 g/mol. The average molecular weight is 259 g/mol. The van der Waals surface area contributed by atoms with E-state index >= 15 is 0 Å². The van der Waals surface area contributed by atoms with Crippen LogP contribution >= 0.6 is 0 Å². The zero-order chi connectivity index (χ0) is 13.2. The van der Waals surface area contributed by atoms with Crippen molar-refractivity contribution in [1.29, 1.82) is 0 Å². The van der Waals surface area contributed by atoms with E-state index in [0.717, 1.165) is 38.6 Å². The lowest BCUT2D eigenvalue weighted by molar-refractivity contribution is -0.134. The van der Waals surface area contributed by atoms with Gasteiger partial charge in [0.25, 0.3) is 0 Å². The van der Waals surface area contributed by atoms with Crippen molar-refractivity contribution in [2.45, 2.75) is 44.1 Å². The predicted molar refractivity (Wildman–Crippen MR) is 73.9 cm³/mol. The van der Waals surface area contributed by atoms with Crippen molar-refractivity contribution in [3.63, 3.8) is 0 Å². The summed E-state index contributed by atoms with van der Waals surface area (Å²) in [6, 6.07) is 8.62. The van der Waals surface area contributed by atoms with Gasteiger partial charge >= 0.3 is 0 Å². The highest BCUT2D eigenvalue weighted by Crippen LogP contribution is 2.38. The molecule has 1 heterocycles. The first-order valence-corrected chi connectivity index (χ1v) is 7.30. The summed E-state index contributed by atoms with van der Waals surface area (Å²) >= 11 is 0. The number of aliphatic hydroxyl groups is 1. The molecule has 0 radical (unpaired) electrons.